The minimum absolute atomic E-state index is 0.0490. The van der Waals surface area contributed by atoms with Crippen molar-refractivity contribution >= 4 is 23.2 Å². The highest BCUT2D eigenvalue weighted by Crippen LogP contribution is 2.61. The van der Waals surface area contributed by atoms with E-state index in [9.17, 15) is 19.8 Å². The summed E-state index contributed by atoms with van der Waals surface area (Å²) in [6.45, 7) is 0.0897. The molecule has 0 unspecified atom stereocenters. The molecule has 0 saturated carbocycles. The molecule has 202 valence electrons. The van der Waals surface area contributed by atoms with Crippen molar-refractivity contribution in [2.24, 2.45) is 0 Å². The summed E-state index contributed by atoms with van der Waals surface area (Å²) >= 11 is 0. The van der Waals surface area contributed by atoms with Gasteiger partial charge < -0.3 is 20.0 Å². The molecule has 2 atom stereocenters. The van der Waals surface area contributed by atoms with Crippen LogP contribution in [0.2, 0.25) is 0 Å². The number of carbonyl (C=O) groups excluding carboxylic acids is 2. The second-order valence-electron chi connectivity index (χ2n) is 10.5. The molecule has 6 nitrogen and oxygen atoms in total. The largest absolute Gasteiger partial charge is 0.396 e. The second kappa shape index (κ2) is 10.4. The number of hydrogen-bond donors (Lipinski definition) is 2. The fraction of sp³-hybridized carbons (Fsp3) is 0.235. The Balaban J connectivity index is 1.58. The molecule has 2 aliphatic heterocycles. The molecule has 2 N–H and O–H groups in total. The fourth-order valence-electron chi connectivity index (χ4n) is 6.97. The van der Waals surface area contributed by atoms with E-state index in [4.69, 9.17) is 0 Å². The van der Waals surface area contributed by atoms with Gasteiger partial charge in [0.15, 0.2) is 0 Å². The predicted molar refractivity (Wildman–Crippen MR) is 155 cm³/mol. The van der Waals surface area contributed by atoms with Crippen LogP contribution >= 0.6 is 0 Å². The minimum Gasteiger partial charge on any atom is -0.396 e. The van der Waals surface area contributed by atoms with E-state index in [0.29, 0.717) is 24.2 Å². The molecule has 0 spiro atoms. The molecular formula is C34H32N2O4. The van der Waals surface area contributed by atoms with Gasteiger partial charge in [0.1, 0.15) is 0 Å². The fourth-order valence-corrected chi connectivity index (χ4v) is 6.97. The van der Waals surface area contributed by atoms with Gasteiger partial charge in [0.05, 0.1) is 23.9 Å². The Morgan fingerprint density at radius 1 is 0.500 bits per heavy atom. The van der Waals surface area contributed by atoms with Crippen molar-refractivity contribution in [3.63, 3.8) is 0 Å². The van der Waals surface area contributed by atoms with Crippen LogP contribution in [0.15, 0.2) is 109 Å². The van der Waals surface area contributed by atoms with E-state index in [0.717, 1.165) is 22.5 Å². The summed E-state index contributed by atoms with van der Waals surface area (Å²) in [4.78, 5) is 33.3. The van der Waals surface area contributed by atoms with E-state index < -0.39 is 10.8 Å². The number of carbonyl (C=O) groups is 2. The standard InChI is InChI=1S/C34H32N2O4/c37-21-19-33(27-15-7-9-17-29(27)35(31(33)39)23-25-11-3-1-4-12-25)34(20-22-38)28-16-8-10-18-30(28)36(32(34)40)24-26-13-5-2-6-14-26/h1-18,37-38H,19-24H2/t33-,34-/m0/s1. The molecular weight excluding hydrogens is 500 g/mol. The van der Waals surface area contributed by atoms with Crippen molar-refractivity contribution in [3.05, 3.63) is 131 Å². The molecule has 0 saturated heterocycles. The number of fused-ring (bicyclic) bond motifs is 2. The van der Waals surface area contributed by atoms with Gasteiger partial charge in [0.25, 0.3) is 0 Å². The first kappa shape index (κ1) is 26.0. The highest BCUT2D eigenvalue weighted by Gasteiger charge is 2.69. The molecule has 0 bridgehead atoms. The van der Waals surface area contributed by atoms with Crippen molar-refractivity contribution in [1.82, 2.24) is 0 Å². The van der Waals surface area contributed by atoms with Crippen LogP contribution in [0.25, 0.3) is 0 Å². The maximum absolute atomic E-state index is 14.9. The third-order valence-electron chi connectivity index (χ3n) is 8.60. The van der Waals surface area contributed by atoms with Crippen LogP contribution in [-0.4, -0.2) is 35.2 Å². The van der Waals surface area contributed by atoms with Gasteiger partial charge in [0, 0.05) is 24.6 Å². The summed E-state index contributed by atoms with van der Waals surface area (Å²) in [5, 5.41) is 21.1. The predicted octanol–water partition coefficient (Wildman–Crippen LogP) is 4.72. The van der Waals surface area contributed by atoms with Crippen LogP contribution in [0.3, 0.4) is 0 Å². The monoisotopic (exact) mass is 532 g/mol. The molecule has 4 aromatic carbocycles. The Bertz CT molecular complexity index is 1420. The third-order valence-corrected chi connectivity index (χ3v) is 8.60. The summed E-state index contributed by atoms with van der Waals surface area (Å²) in [5.74, 6) is -0.463. The van der Waals surface area contributed by atoms with E-state index in [1.165, 1.54) is 0 Å². The molecule has 6 heteroatoms. The molecule has 2 heterocycles. The third kappa shape index (κ3) is 3.71. The van der Waals surface area contributed by atoms with Crippen molar-refractivity contribution in [1.29, 1.82) is 0 Å². The first-order valence-corrected chi connectivity index (χ1v) is 13.7. The van der Waals surface area contributed by atoms with E-state index in [1.807, 2.05) is 109 Å². The van der Waals surface area contributed by atoms with Crippen molar-refractivity contribution in [2.45, 2.75) is 36.8 Å². The zero-order valence-electron chi connectivity index (χ0n) is 22.2. The second-order valence-corrected chi connectivity index (χ2v) is 10.5. The molecule has 0 aromatic heterocycles. The summed E-state index contributed by atoms with van der Waals surface area (Å²) in [7, 11) is 0. The zero-order chi connectivity index (χ0) is 27.7. The van der Waals surface area contributed by atoms with Crippen LogP contribution in [0.1, 0.15) is 35.1 Å². The van der Waals surface area contributed by atoms with Gasteiger partial charge in [-0.1, -0.05) is 97.1 Å². The highest BCUT2D eigenvalue weighted by atomic mass is 16.3. The Morgan fingerprint density at radius 2 is 0.850 bits per heavy atom. The molecule has 0 radical (unpaired) electrons. The summed E-state index contributed by atoms with van der Waals surface area (Å²) in [6.07, 6.45) is 0.0980. The van der Waals surface area contributed by atoms with Gasteiger partial charge in [-0.15, -0.1) is 0 Å². The highest BCUT2D eigenvalue weighted by molar-refractivity contribution is 6.18. The Kier molecular flexibility index (Phi) is 6.74. The van der Waals surface area contributed by atoms with Gasteiger partial charge in [-0.25, -0.2) is 0 Å². The molecule has 0 fully saturated rings. The van der Waals surface area contributed by atoms with E-state index in [2.05, 4.69) is 0 Å². The molecule has 6 rings (SSSR count). The van der Waals surface area contributed by atoms with Crippen molar-refractivity contribution in [3.8, 4) is 0 Å². The number of rotatable bonds is 9. The topological polar surface area (TPSA) is 81.1 Å². The van der Waals surface area contributed by atoms with Gasteiger partial charge in [0.2, 0.25) is 11.8 Å². The molecule has 4 aromatic rings. The average Bonchev–Trinajstić information content (AvgIpc) is 3.37. The van der Waals surface area contributed by atoms with E-state index >= 15 is 0 Å². The maximum atomic E-state index is 14.9. The van der Waals surface area contributed by atoms with Crippen molar-refractivity contribution < 1.29 is 19.8 Å². The van der Waals surface area contributed by atoms with E-state index in [-0.39, 0.29) is 37.9 Å². The molecule has 2 amide bonds. The first-order valence-electron chi connectivity index (χ1n) is 13.7. The molecule has 2 aliphatic rings. The number of aliphatic hydroxyl groups is 2. The minimum atomic E-state index is -1.41. The molecule has 40 heavy (non-hydrogen) atoms. The van der Waals surface area contributed by atoms with Crippen LogP contribution in [-0.2, 0) is 33.5 Å². The number of para-hydroxylation sites is 2. The Labute approximate surface area is 234 Å². The van der Waals surface area contributed by atoms with Crippen molar-refractivity contribution in [2.75, 3.05) is 23.0 Å². The van der Waals surface area contributed by atoms with Crippen LogP contribution in [0, 0.1) is 0 Å². The SMILES string of the molecule is O=C1N(Cc2ccccc2)c2ccccc2[C@]1(CCO)[C@]1(CCO)C(=O)N(Cc2ccccc2)c2ccccc21. The first-order chi connectivity index (χ1) is 19.6. The number of anilines is 2. The lowest BCUT2D eigenvalue weighted by Gasteiger charge is -2.44. The maximum Gasteiger partial charge on any atom is 0.239 e. The number of nitrogens with zero attached hydrogens (tertiary/aromatic N) is 2. The lowest BCUT2D eigenvalue weighted by Crippen LogP contribution is -2.60. The summed E-state index contributed by atoms with van der Waals surface area (Å²) < 4.78 is 0. The van der Waals surface area contributed by atoms with E-state index in [1.54, 1.807) is 9.80 Å². The summed E-state index contributed by atoms with van der Waals surface area (Å²) in [5.41, 5.74) is 1.99. The smallest absolute Gasteiger partial charge is 0.239 e. The van der Waals surface area contributed by atoms with Gasteiger partial charge >= 0.3 is 0 Å². The molecule has 0 aliphatic carbocycles. The quantitative estimate of drug-likeness (QED) is 0.327. The zero-order valence-corrected chi connectivity index (χ0v) is 22.2. The normalized spacial score (nSPS) is 21.6. The van der Waals surface area contributed by atoms with Crippen LogP contribution in [0.5, 0.6) is 0 Å². The number of hydrogen-bond acceptors (Lipinski definition) is 4. The lowest BCUT2D eigenvalue weighted by molar-refractivity contribution is -0.136. The number of amides is 2. The number of benzene rings is 4. The van der Waals surface area contributed by atoms with Crippen LogP contribution < -0.4 is 9.80 Å². The number of aliphatic hydroxyl groups excluding tert-OH is 2. The Hall–Kier alpha value is -4.26. The Morgan fingerprint density at radius 3 is 1.23 bits per heavy atom. The van der Waals surface area contributed by atoms with Gasteiger partial charge in [-0.2, -0.15) is 0 Å². The summed E-state index contributed by atoms with van der Waals surface area (Å²) in [6, 6.07) is 34.7. The lowest BCUT2D eigenvalue weighted by atomic mass is 9.54. The van der Waals surface area contributed by atoms with Crippen LogP contribution in [0.4, 0.5) is 11.4 Å². The van der Waals surface area contributed by atoms with Gasteiger partial charge in [-0.3, -0.25) is 9.59 Å². The average molecular weight is 533 g/mol. The van der Waals surface area contributed by atoms with Gasteiger partial charge in [-0.05, 0) is 47.2 Å².